The van der Waals surface area contributed by atoms with Gasteiger partial charge < -0.3 is 11.1 Å². The normalized spacial score (nSPS) is 21.8. The smallest absolute Gasteiger partial charge is 0.251 e. The summed E-state index contributed by atoms with van der Waals surface area (Å²) in [6, 6.07) is 6.07. The molecule has 0 radical (unpaired) electrons. The summed E-state index contributed by atoms with van der Waals surface area (Å²) >= 11 is 0. The number of hydrogen-bond acceptors (Lipinski definition) is 4. The molecule has 2 unspecified atom stereocenters. The average Bonchev–Trinajstić information content (AvgIpc) is 2.51. The van der Waals surface area contributed by atoms with Crippen LogP contribution in [-0.2, 0) is 10.0 Å². The zero-order chi connectivity index (χ0) is 17.0. The lowest BCUT2D eigenvalue weighted by Crippen LogP contribution is -2.42. The summed E-state index contributed by atoms with van der Waals surface area (Å²) in [4.78, 5) is 12.1. The third-order valence-electron chi connectivity index (χ3n) is 4.02. The van der Waals surface area contributed by atoms with E-state index in [2.05, 4.69) is 19.2 Å². The maximum atomic E-state index is 12.7. The topological polar surface area (TPSA) is 92.5 Å². The first-order chi connectivity index (χ1) is 10.8. The molecule has 1 heterocycles. The van der Waals surface area contributed by atoms with Crippen molar-refractivity contribution in [2.45, 2.75) is 25.2 Å². The van der Waals surface area contributed by atoms with Gasteiger partial charge in [0.25, 0.3) is 5.91 Å². The van der Waals surface area contributed by atoms with E-state index < -0.39 is 10.0 Å². The van der Waals surface area contributed by atoms with Crippen molar-refractivity contribution in [3.63, 3.8) is 0 Å². The van der Waals surface area contributed by atoms with E-state index in [0.29, 0.717) is 43.6 Å². The molecule has 1 aromatic carbocycles. The lowest BCUT2D eigenvalue weighted by molar-refractivity contribution is 0.0954. The zero-order valence-corrected chi connectivity index (χ0v) is 15.7. The Bertz CT molecular complexity index is 639. The molecular weight excluding hydrogens is 350 g/mol. The molecule has 0 aliphatic carbocycles. The fraction of sp³-hybridized carbons (Fsp3) is 0.562. The number of carbonyl (C=O) groups is 1. The van der Waals surface area contributed by atoms with E-state index in [4.69, 9.17) is 5.73 Å². The molecule has 0 spiro atoms. The van der Waals surface area contributed by atoms with Crippen LogP contribution in [0.3, 0.4) is 0 Å². The van der Waals surface area contributed by atoms with E-state index in [9.17, 15) is 13.2 Å². The van der Waals surface area contributed by atoms with Crippen molar-refractivity contribution in [1.82, 2.24) is 9.62 Å². The zero-order valence-electron chi connectivity index (χ0n) is 14.1. The Labute approximate surface area is 150 Å². The maximum absolute atomic E-state index is 12.7. The highest BCUT2D eigenvalue weighted by Crippen LogP contribution is 2.26. The number of nitrogens with zero attached hydrogens (tertiary/aromatic N) is 1. The molecule has 2 atom stereocenters. The van der Waals surface area contributed by atoms with Gasteiger partial charge in [-0.25, -0.2) is 8.42 Å². The fourth-order valence-corrected chi connectivity index (χ4v) is 4.70. The van der Waals surface area contributed by atoms with Crippen LogP contribution in [0.5, 0.6) is 0 Å². The number of amides is 1. The highest BCUT2D eigenvalue weighted by atomic mass is 35.5. The van der Waals surface area contributed by atoms with Gasteiger partial charge in [-0.05, 0) is 42.5 Å². The Hall–Kier alpha value is -1.15. The third kappa shape index (κ3) is 4.92. The van der Waals surface area contributed by atoms with Gasteiger partial charge in [-0.2, -0.15) is 4.31 Å². The molecule has 1 aliphatic heterocycles. The van der Waals surface area contributed by atoms with Crippen molar-refractivity contribution in [1.29, 1.82) is 0 Å². The second-order valence-electron chi connectivity index (χ2n) is 6.34. The summed E-state index contributed by atoms with van der Waals surface area (Å²) in [5.41, 5.74) is 5.77. The van der Waals surface area contributed by atoms with Gasteiger partial charge in [0.1, 0.15) is 0 Å². The van der Waals surface area contributed by atoms with Crippen LogP contribution in [0.1, 0.15) is 30.6 Å². The first kappa shape index (κ1) is 20.9. The number of carbonyl (C=O) groups excluding carboxylic acids is 1. The Morgan fingerprint density at radius 3 is 2.25 bits per heavy atom. The van der Waals surface area contributed by atoms with E-state index in [1.807, 2.05) is 0 Å². The van der Waals surface area contributed by atoms with Crippen LogP contribution in [0.25, 0.3) is 0 Å². The molecule has 6 nitrogen and oxygen atoms in total. The van der Waals surface area contributed by atoms with Gasteiger partial charge >= 0.3 is 0 Å². The first-order valence-corrected chi connectivity index (χ1v) is 9.37. The summed E-state index contributed by atoms with van der Waals surface area (Å²) in [5.74, 6) is 0.462. The van der Waals surface area contributed by atoms with Crippen molar-refractivity contribution in [2.75, 3.05) is 26.2 Å². The molecule has 1 amide bonds. The largest absolute Gasteiger partial charge is 0.351 e. The number of rotatable bonds is 5. The van der Waals surface area contributed by atoms with Gasteiger partial charge in [0.15, 0.2) is 0 Å². The van der Waals surface area contributed by atoms with Gasteiger partial charge in [-0.1, -0.05) is 13.8 Å². The molecule has 3 N–H and O–H groups in total. The SMILES string of the molecule is CC1CC(C)CN(S(=O)(=O)c2ccc(C(=O)NCCN)cc2)C1.Cl. The van der Waals surface area contributed by atoms with Crippen LogP contribution >= 0.6 is 12.4 Å². The molecule has 1 aliphatic rings. The second kappa shape index (κ2) is 8.80. The van der Waals surface area contributed by atoms with Crippen LogP contribution in [0, 0.1) is 11.8 Å². The molecule has 0 bridgehead atoms. The molecule has 1 saturated heterocycles. The number of benzene rings is 1. The number of sulfonamides is 1. The number of nitrogens with one attached hydrogen (secondary N) is 1. The number of hydrogen-bond donors (Lipinski definition) is 2. The van der Waals surface area contributed by atoms with E-state index in [0.717, 1.165) is 6.42 Å². The standard InChI is InChI=1S/C16H25N3O3S.ClH/c1-12-9-13(2)11-19(10-12)23(21,22)15-5-3-14(4-6-15)16(20)18-8-7-17;/h3-6,12-13H,7-11,17H2,1-2H3,(H,18,20);1H. The number of halogens is 1. The number of piperidine rings is 1. The summed E-state index contributed by atoms with van der Waals surface area (Å²) < 4.78 is 27.0. The minimum atomic E-state index is -3.51. The van der Waals surface area contributed by atoms with Gasteiger partial charge in [0.2, 0.25) is 10.0 Å². The van der Waals surface area contributed by atoms with Gasteiger partial charge in [0.05, 0.1) is 4.90 Å². The van der Waals surface area contributed by atoms with E-state index in [1.165, 1.54) is 24.3 Å². The number of nitrogens with two attached hydrogens (primary N) is 1. The van der Waals surface area contributed by atoms with E-state index in [-0.39, 0.29) is 23.2 Å². The lowest BCUT2D eigenvalue weighted by Gasteiger charge is -2.34. The first-order valence-electron chi connectivity index (χ1n) is 7.93. The molecule has 0 saturated carbocycles. The Morgan fingerprint density at radius 1 is 1.21 bits per heavy atom. The monoisotopic (exact) mass is 375 g/mol. The fourth-order valence-electron chi connectivity index (χ4n) is 3.02. The summed E-state index contributed by atoms with van der Waals surface area (Å²) in [7, 11) is -3.51. The molecule has 1 aromatic rings. The maximum Gasteiger partial charge on any atom is 0.251 e. The predicted octanol–water partition coefficient (Wildman–Crippen LogP) is 1.46. The summed E-state index contributed by atoms with van der Waals surface area (Å²) in [6.07, 6.45) is 1.05. The molecule has 1 fully saturated rings. The summed E-state index contributed by atoms with van der Waals surface area (Å²) in [5, 5.41) is 2.66. The van der Waals surface area contributed by atoms with E-state index in [1.54, 1.807) is 4.31 Å². The van der Waals surface area contributed by atoms with Gasteiger partial charge in [-0.3, -0.25) is 4.79 Å². The Kier molecular flexibility index (Phi) is 7.66. The summed E-state index contributed by atoms with van der Waals surface area (Å²) in [6.45, 7) is 5.99. The second-order valence-corrected chi connectivity index (χ2v) is 8.27. The van der Waals surface area contributed by atoms with Crippen molar-refractivity contribution < 1.29 is 13.2 Å². The van der Waals surface area contributed by atoms with Crippen LogP contribution in [-0.4, -0.2) is 44.8 Å². The van der Waals surface area contributed by atoms with E-state index >= 15 is 0 Å². The van der Waals surface area contributed by atoms with Crippen LogP contribution < -0.4 is 11.1 Å². The minimum absolute atomic E-state index is 0. The van der Waals surface area contributed by atoms with Crippen LogP contribution in [0.4, 0.5) is 0 Å². The lowest BCUT2D eigenvalue weighted by atomic mass is 9.94. The molecule has 136 valence electrons. The van der Waals surface area contributed by atoms with Crippen LogP contribution in [0.15, 0.2) is 29.2 Å². The molecule has 0 aromatic heterocycles. The highest BCUT2D eigenvalue weighted by molar-refractivity contribution is 7.89. The van der Waals surface area contributed by atoms with Gasteiger partial charge in [0, 0.05) is 31.7 Å². The molecule has 8 heteroatoms. The van der Waals surface area contributed by atoms with Crippen molar-refractivity contribution in [2.24, 2.45) is 17.6 Å². The minimum Gasteiger partial charge on any atom is -0.351 e. The third-order valence-corrected chi connectivity index (χ3v) is 5.87. The quantitative estimate of drug-likeness (QED) is 0.814. The highest BCUT2D eigenvalue weighted by Gasteiger charge is 2.31. The molecular formula is C16H26ClN3O3S. The molecule has 2 rings (SSSR count). The van der Waals surface area contributed by atoms with Crippen molar-refractivity contribution in [3.8, 4) is 0 Å². The Balaban J connectivity index is 0.00000288. The molecule has 24 heavy (non-hydrogen) atoms. The van der Waals surface area contributed by atoms with Crippen molar-refractivity contribution in [3.05, 3.63) is 29.8 Å². The average molecular weight is 376 g/mol. The van der Waals surface area contributed by atoms with Crippen LogP contribution in [0.2, 0.25) is 0 Å². The van der Waals surface area contributed by atoms with Crippen molar-refractivity contribution >= 4 is 28.3 Å². The predicted molar refractivity (Wildman–Crippen MR) is 96.8 cm³/mol. The Morgan fingerprint density at radius 2 is 1.75 bits per heavy atom. The van der Waals surface area contributed by atoms with Gasteiger partial charge in [-0.15, -0.1) is 12.4 Å².